The van der Waals surface area contributed by atoms with Crippen molar-refractivity contribution in [2.75, 3.05) is 18.0 Å². The van der Waals surface area contributed by atoms with Crippen LogP contribution in [0, 0.1) is 0 Å². The van der Waals surface area contributed by atoms with Crippen LogP contribution in [0.5, 0.6) is 5.75 Å². The minimum Gasteiger partial charge on any atom is -0.497 e. The van der Waals surface area contributed by atoms with Crippen molar-refractivity contribution in [1.29, 1.82) is 0 Å². The number of hydrogen-bond acceptors (Lipinski definition) is 5. The third-order valence-electron chi connectivity index (χ3n) is 6.55. The highest BCUT2D eigenvalue weighted by Crippen LogP contribution is 2.25. The van der Waals surface area contributed by atoms with E-state index in [4.69, 9.17) is 4.74 Å². The molecule has 39 heavy (non-hydrogen) atoms. The van der Waals surface area contributed by atoms with Gasteiger partial charge in [0.2, 0.25) is 11.8 Å². The molecule has 3 aromatic rings. The van der Waals surface area contributed by atoms with Crippen molar-refractivity contribution in [3.8, 4) is 5.75 Å². The second-order valence-electron chi connectivity index (χ2n) is 9.27. The number of rotatable bonds is 13. The molecule has 208 valence electrons. The van der Waals surface area contributed by atoms with Crippen LogP contribution >= 0.6 is 0 Å². The zero-order chi connectivity index (χ0) is 28.4. The van der Waals surface area contributed by atoms with Gasteiger partial charge >= 0.3 is 0 Å². The van der Waals surface area contributed by atoms with E-state index in [0.717, 1.165) is 16.3 Å². The third-order valence-corrected chi connectivity index (χ3v) is 8.34. The summed E-state index contributed by atoms with van der Waals surface area (Å²) >= 11 is 0. The molecular weight excluding hydrogens is 514 g/mol. The van der Waals surface area contributed by atoms with Crippen molar-refractivity contribution in [2.45, 2.75) is 57.1 Å². The Balaban J connectivity index is 2.01. The molecule has 0 aliphatic heterocycles. The topological polar surface area (TPSA) is 96.0 Å². The van der Waals surface area contributed by atoms with Crippen molar-refractivity contribution < 1.29 is 22.7 Å². The zero-order valence-corrected chi connectivity index (χ0v) is 23.7. The van der Waals surface area contributed by atoms with Crippen LogP contribution in [-0.2, 0) is 26.2 Å². The van der Waals surface area contributed by atoms with Crippen molar-refractivity contribution in [1.82, 2.24) is 10.2 Å². The lowest BCUT2D eigenvalue weighted by molar-refractivity contribution is -0.140. The van der Waals surface area contributed by atoms with Gasteiger partial charge in [0.1, 0.15) is 18.3 Å². The number of para-hydroxylation sites is 1. The highest BCUT2D eigenvalue weighted by molar-refractivity contribution is 7.92. The number of nitrogens with one attached hydrogen (secondary N) is 1. The van der Waals surface area contributed by atoms with Gasteiger partial charge in [-0.05, 0) is 61.7 Å². The van der Waals surface area contributed by atoms with E-state index in [1.807, 2.05) is 32.9 Å². The van der Waals surface area contributed by atoms with Gasteiger partial charge in [0.05, 0.1) is 17.7 Å². The van der Waals surface area contributed by atoms with Crippen LogP contribution in [0.3, 0.4) is 0 Å². The fraction of sp³-hybridized carbons (Fsp3) is 0.333. The van der Waals surface area contributed by atoms with Gasteiger partial charge < -0.3 is 15.0 Å². The van der Waals surface area contributed by atoms with E-state index in [9.17, 15) is 18.0 Å². The van der Waals surface area contributed by atoms with Gasteiger partial charge in [-0.1, -0.05) is 62.4 Å². The average molecular weight is 552 g/mol. The second kappa shape index (κ2) is 13.8. The Bertz CT molecular complexity index is 1320. The van der Waals surface area contributed by atoms with E-state index >= 15 is 0 Å². The number of benzene rings is 3. The van der Waals surface area contributed by atoms with Gasteiger partial charge in [-0.3, -0.25) is 13.9 Å². The maximum absolute atomic E-state index is 14.0. The number of methoxy groups -OCH3 is 1. The Morgan fingerprint density at radius 3 is 2.00 bits per heavy atom. The summed E-state index contributed by atoms with van der Waals surface area (Å²) in [4.78, 5) is 28.8. The summed E-state index contributed by atoms with van der Waals surface area (Å²) in [6.45, 7) is 5.38. The molecule has 3 aromatic carbocycles. The van der Waals surface area contributed by atoms with E-state index in [1.54, 1.807) is 67.8 Å². The average Bonchev–Trinajstić information content (AvgIpc) is 2.96. The molecule has 0 saturated heterocycles. The van der Waals surface area contributed by atoms with Gasteiger partial charge in [-0.2, -0.15) is 0 Å². The number of anilines is 1. The normalized spacial score (nSPS) is 12.7. The van der Waals surface area contributed by atoms with Crippen LogP contribution in [0.4, 0.5) is 5.69 Å². The lowest BCUT2D eigenvalue weighted by atomic mass is 10.1. The molecule has 0 bridgehead atoms. The Morgan fingerprint density at radius 1 is 0.872 bits per heavy atom. The van der Waals surface area contributed by atoms with Gasteiger partial charge in [0.25, 0.3) is 10.0 Å². The summed E-state index contributed by atoms with van der Waals surface area (Å²) in [7, 11) is -2.50. The van der Waals surface area contributed by atoms with Crippen LogP contribution in [0.1, 0.15) is 39.2 Å². The summed E-state index contributed by atoms with van der Waals surface area (Å²) < 4.78 is 33.8. The first-order valence-corrected chi connectivity index (χ1v) is 14.5. The second-order valence-corrected chi connectivity index (χ2v) is 11.1. The van der Waals surface area contributed by atoms with Crippen molar-refractivity contribution in [2.24, 2.45) is 0 Å². The number of ether oxygens (including phenoxy) is 1. The summed E-state index contributed by atoms with van der Waals surface area (Å²) in [5.74, 6) is -0.0893. The van der Waals surface area contributed by atoms with Crippen LogP contribution in [0.25, 0.3) is 0 Å². The third kappa shape index (κ3) is 7.60. The number of nitrogens with zero attached hydrogens (tertiary/aromatic N) is 2. The molecule has 0 aliphatic carbocycles. The quantitative estimate of drug-likeness (QED) is 0.335. The SMILES string of the molecule is CC[C@H](C)NC(=O)[C@H](CC)N(Cc1ccc(OC)cc1)C(=O)CN(c1ccccc1)S(=O)(=O)c1ccccc1. The largest absolute Gasteiger partial charge is 0.497 e. The summed E-state index contributed by atoms with van der Waals surface area (Å²) in [6, 6.07) is 22.9. The standard InChI is InChI=1S/C30H37N3O5S/c1-5-23(3)31-30(35)28(6-2)32(21-24-17-19-26(38-4)20-18-24)29(34)22-33(25-13-9-7-10-14-25)39(36,37)27-15-11-8-12-16-27/h7-20,23,28H,5-6,21-22H2,1-4H3,(H,31,35)/t23-,28-/m0/s1. The van der Waals surface area contributed by atoms with Crippen molar-refractivity contribution >= 4 is 27.5 Å². The first kappa shape index (κ1) is 29.7. The van der Waals surface area contributed by atoms with Crippen LogP contribution < -0.4 is 14.4 Å². The van der Waals surface area contributed by atoms with Crippen LogP contribution in [0.15, 0.2) is 89.8 Å². The van der Waals surface area contributed by atoms with Crippen molar-refractivity contribution in [3.63, 3.8) is 0 Å². The maximum atomic E-state index is 14.0. The summed E-state index contributed by atoms with van der Waals surface area (Å²) in [5.41, 5.74) is 1.15. The number of carbonyl (C=O) groups is 2. The first-order valence-electron chi connectivity index (χ1n) is 13.1. The Labute approximate surface area is 231 Å². The Hall–Kier alpha value is -3.85. The van der Waals surface area contributed by atoms with Crippen molar-refractivity contribution in [3.05, 3.63) is 90.5 Å². The number of hydrogen-bond donors (Lipinski definition) is 1. The van der Waals surface area contributed by atoms with Gasteiger partial charge in [-0.15, -0.1) is 0 Å². The maximum Gasteiger partial charge on any atom is 0.264 e. The highest BCUT2D eigenvalue weighted by atomic mass is 32.2. The minimum atomic E-state index is -4.07. The molecule has 8 nitrogen and oxygen atoms in total. The van der Waals surface area contributed by atoms with E-state index in [-0.39, 0.29) is 23.4 Å². The lowest BCUT2D eigenvalue weighted by Gasteiger charge is -2.33. The number of amides is 2. The molecule has 0 spiro atoms. The van der Waals surface area contributed by atoms with E-state index in [0.29, 0.717) is 17.9 Å². The predicted octanol–water partition coefficient (Wildman–Crippen LogP) is 4.61. The molecular formula is C30H37N3O5S. The van der Waals surface area contributed by atoms with E-state index in [1.165, 1.54) is 17.0 Å². The molecule has 0 heterocycles. The van der Waals surface area contributed by atoms with E-state index < -0.39 is 28.5 Å². The number of carbonyl (C=O) groups excluding carboxylic acids is 2. The van der Waals surface area contributed by atoms with E-state index in [2.05, 4.69) is 5.32 Å². The molecule has 2 amide bonds. The van der Waals surface area contributed by atoms with Crippen LogP contribution in [0.2, 0.25) is 0 Å². The zero-order valence-electron chi connectivity index (χ0n) is 22.9. The minimum absolute atomic E-state index is 0.0660. The molecule has 1 N–H and O–H groups in total. The molecule has 3 rings (SSSR count). The first-order chi connectivity index (χ1) is 18.7. The molecule has 0 aromatic heterocycles. The molecule has 0 saturated carbocycles. The van der Waals surface area contributed by atoms with Gasteiger partial charge in [0.15, 0.2) is 0 Å². The monoisotopic (exact) mass is 551 g/mol. The summed E-state index contributed by atoms with van der Waals surface area (Å²) in [5, 5.41) is 2.98. The molecule has 0 radical (unpaired) electrons. The fourth-order valence-corrected chi connectivity index (χ4v) is 5.57. The smallest absolute Gasteiger partial charge is 0.264 e. The Kier molecular flexibility index (Phi) is 10.5. The highest BCUT2D eigenvalue weighted by Gasteiger charge is 2.33. The molecule has 9 heteroatoms. The van der Waals surface area contributed by atoms with Gasteiger partial charge in [-0.25, -0.2) is 8.42 Å². The molecule has 0 fully saturated rings. The summed E-state index contributed by atoms with van der Waals surface area (Å²) in [6.07, 6.45) is 1.10. The van der Waals surface area contributed by atoms with Crippen LogP contribution in [-0.4, -0.2) is 50.9 Å². The lowest BCUT2D eigenvalue weighted by Crippen LogP contribution is -2.53. The Morgan fingerprint density at radius 2 is 1.46 bits per heavy atom. The molecule has 2 atom stereocenters. The predicted molar refractivity (Wildman–Crippen MR) is 153 cm³/mol. The molecule has 0 unspecified atom stereocenters. The fourth-order valence-electron chi connectivity index (χ4n) is 4.13. The molecule has 0 aliphatic rings. The number of sulfonamides is 1. The van der Waals surface area contributed by atoms with Gasteiger partial charge in [0, 0.05) is 12.6 Å².